The van der Waals surface area contributed by atoms with Crippen molar-refractivity contribution in [3.63, 3.8) is 0 Å². The molecule has 0 aliphatic carbocycles. The number of aromatic nitrogens is 2. The molecule has 7 nitrogen and oxygen atoms in total. The second kappa shape index (κ2) is 8.45. The molecule has 0 aliphatic rings. The monoisotopic (exact) mass is 462 g/mol. The molecule has 0 bridgehead atoms. The number of rotatable bonds is 5. The van der Waals surface area contributed by atoms with Crippen LogP contribution < -0.4 is 16.7 Å². The van der Waals surface area contributed by atoms with E-state index < -0.39 is 17.1 Å². The zero-order valence-corrected chi connectivity index (χ0v) is 17.1. The van der Waals surface area contributed by atoms with Crippen LogP contribution in [0.2, 0.25) is 5.02 Å². The van der Waals surface area contributed by atoms with Gasteiger partial charge in [-0.1, -0.05) is 46.6 Å². The normalized spacial score (nSPS) is 11.1. The Morgan fingerprint density at radius 3 is 2.75 bits per heavy atom. The summed E-state index contributed by atoms with van der Waals surface area (Å²) in [6.07, 6.45) is 1.76. The van der Waals surface area contributed by atoms with Crippen molar-refractivity contribution in [2.24, 2.45) is 5.10 Å². The van der Waals surface area contributed by atoms with E-state index in [4.69, 9.17) is 11.6 Å². The second-order valence-corrected chi connectivity index (χ2v) is 7.13. The van der Waals surface area contributed by atoms with Gasteiger partial charge >= 0.3 is 5.69 Å². The highest BCUT2D eigenvalue weighted by molar-refractivity contribution is 9.10. The molecule has 0 atom stereocenters. The molecule has 1 aromatic heterocycles. The summed E-state index contributed by atoms with van der Waals surface area (Å²) in [5.41, 5.74) is 2.86. The Morgan fingerprint density at radius 1 is 1.29 bits per heavy atom. The minimum absolute atomic E-state index is 0.163. The van der Waals surface area contributed by atoms with Crippen LogP contribution in [-0.2, 0) is 6.42 Å². The lowest BCUT2D eigenvalue weighted by Crippen LogP contribution is -2.31. The smallest absolute Gasteiger partial charge is 0.335 e. The number of nitrogens with zero attached hydrogens (tertiary/aromatic N) is 2. The van der Waals surface area contributed by atoms with E-state index in [1.807, 2.05) is 13.0 Å². The number of hydrazone groups is 1. The van der Waals surface area contributed by atoms with Crippen LogP contribution in [0.25, 0.3) is 5.69 Å². The maximum absolute atomic E-state index is 12.4. The first kappa shape index (κ1) is 19.9. The summed E-state index contributed by atoms with van der Waals surface area (Å²) >= 11 is 9.42. The Balaban J connectivity index is 2.06. The molecule has 2 aromatic carbocycles. The van der Waals surface area contributed by atoms with E-state index in [1.54, 1.807) is 36.4 Å². The van der Waals surface area contributed by atoms with Crippen molar-refractivity contribution in [2.75, 3.05) is 5.43 Å². The van der Waals surface area contributed by atoms with Crippen LogP contribution in [0, 0.1) is 0 Å². The van der Waals surface area contributed by atoms with E-state index in [0.717, 1.165) is 20.8 Å². The molecule has 0 saturated carbocycles. The Bertz CT molecular complexity index is 1170. The van der Waals surface area contributed by atoms with Gasteiger partial charge in [0.15, 0.2) is 0 Å². The lowest BCUT2D eigenvalue weighted by Gasteiger charge is -2.13. The van der Waals surface area contributed by atoms with Crippen molar-refractivity contribution in [3.05, 3.63) is 83.9 Å². The lowest BCUT2D eigenvalue weighted by atomic mass is 10.1. The summed E-state index contributed by atoms with van der Waals surface area (Å²) in [5.74, 6) is -0.504. The first-order valence-corrected chi connectivity index (χ1v) is 9.50. The largest absolute Gasteiger partial charge is 0.493 e. The highest BCUT2D eigenvalue weighted by Gasteiger charge is 2.16. The quantitative estimate of drug-likeness (QED) is 0.397. The number of benzene rings is 2. The van der Waals surface area contributed by atoms with Gasteiger partial charge < -0.3 is 5.11 Å². The molecule has 0 fully saturated rings. The summed E-state index contributed by atoms with van der Waals surface area (Å²) < 4.78 is 1.89. The van der Waals surface area contributed by atoms with Crippen molar-refractivity contribution in [1.82, 2.24) is 9.55 Å². The molecule has 28 heavy (non-hydrogen) atoms. The fourth-order valence-electron chi connectivity index (χ4n) is 2.65. The predicted molar refractivity (Wildman–Crippen MR) is 114 cm³/mol. The summed E-state index contributed by atoms with van der Waals surface area (Å²) in [5, 5.41) is 15.0. The number of aromatic amines is 1. The third kappa shape index (κ3) is 4.02. The second-order valence-electron chi connectivity index (χ2n) is 5.81. The van der Waals surface area contributed by atoms with Crippen LogP contribution in [0.3, 0.4) is 0 Å². The van der Waals surface area contributed by atoms with Gasteiger partial charge in [0, 0.05) is 4.47 Å². The molecule has 0 aliphatic heterocycles. The Morgan fingerprint density at radius 2 is 2.04 bits per heavy atom. The van der Waals surface area contributed by atoms with Gasteiger partial charge in [0.05, 0.1) is 22.6 Å². The van der Waals surface area contributed by atoms with E-state index in [-0.39, 0.29) is 5.56 Å². The predicted octanol–water partition coefficient (Wildman–Crippen LogP) is 3.66. The van der Waals surface area contributed by atoms with Gasteiger partial charge in [-0.3, -0.25) is 15.2 Å². The molecule has 0 amide bonds. The minimum Gasteiger partial charge on any atom is -0.493 e. The van der Waals surface area contributed by atoms with Gasteiger partial charge in [-0.05, 0) is 42.3 Å². The number of anilines is 1. The molecule has 3 N–H and O–H groups in total. The van der Waals surface area contributed by atoms with Crippen LogP contribution >= 0.6 is 27.5 Å². The average molecular weight is 464 g/mol. The number of para-hydroxylation sites is 1. The fraction of sp³-hybridized carbons (Fsp3) is 0.105. The van der Waals surface area contributed by atoms with E-state index in [1.165, 1.54) is 0 Å². The van der Waals surface area contributed by atoms with Gasteiger partial charge in [0.25, 0.3) is 5.56 Å². The van der Waals surface area contributed by atoms with Gasteiger partial charge in [-0.15, -0.1) is 0 Å². The number of hydrogen-bond acceptors (Lipinski definition) is 5. The van der Waals surface area contributed by atoms with Crippen LogP contribution in [0.4, 0.5) is 5.69 Å². The third-order valence-electron chi connectivity index (χ3n) is 4.04. The molecule has 0 radical (unpaired) electrons. The Labute approximate surface area is 173 Å². The Hall–Kier alpha value is -2.84. The van der Waals surface area contributed by atoms with Gasteiger partial charge in [0.1, 0.15) is 5.56 Å². The maximum atomic E-state index is 12.4. The van der Waals surface area contributed by atoms with Gasteiger partial charge in [-0.2, -0.15) is 5.10 Å². The van der Waals surface area contributed by atoms with Crippen LogP contribution in [0.15, 0.2) is 61.6 Å². The number of aryl methyl sites for hydroxylation is 1. The minimum atomic E-state index is -0.751. The first-order valence-electron chi connectivity index (χ1n) is 8.33. The number of hydrogen-bond donors (Lipinski definition) is 3. The molecule has 3 aromatic rings. The number of halogens is 2. The molecular weight excluding hydrogens is 448 g/mol. The molecular formula is C19H16BrClN4O3. The van der Waals surface area contributed by atoms with Crippen molar-refractivity contribution in [1.29, 1.82) is 0 Å². The molecule has 0 unspecified atom stereocenters. The molecule has 1 heterocycles. The summed E-state index contributed by atoms with van der Waals surface area (Å²) in [7, 11) is 0. The summed E-state index contributed by atoms with van der Waals surface area (Å²) in [4.78, 5) is 26.8. The Kier molecular flexibility index (Phi) is 6.01. The zero-order valence-electron chi connectivity index (χ0n) is 14.7. The topological polar surface area (TPSA) is 99.5 Å². The van der Waals surface area contributed by atoms with Crippen molar-refractivity contribution < 1.29 is 5.11 Å². The van der Waals surface area contributed by atoms with Crippen LogP contribution in [0.5, 0.6) is 5.88 Å². The fourth-order valence-corrected chi connectivity index (χ4v) is 3.24. The highest BCUT2D eigenvalue weighted by Crippen LogP contribution is 2.24. The zero-order chi connectivity index (χ0) is 20.3. The van der Waals surface area contributed by atoms with E-state index in [9.17, 15) is 14.7 Å². The maximum Gasteiger partial charge on any atom is 0.335 e. The van der Waals surface area contributed by atoms with E-state index in [2.05, 4.69) is 31.4 Å². The van der Waals surface area contributed by atoms with Gasteiger partial charge in [-0.25, -0.2) is 9.36 Å². The first-order chi connectivity index (χ1) is 13.4. The van der Waals surface area contributed by atoms with Crippen LogP contribution in [-0.4, -0.2) is 20.9 Å². The number of nitrogens with one attached hydrogen (secondary N) is 2. The third-order valence-corrected chi connectivity index (χ3v) is 4.86. The van der Waals surface area contributed by atoms with Crippen LogP contribution in [0.1, 0.15) is 18.1 Å². The van der Waals surface area contributed by atoms with Crippen molar-refractivity contribution in [2.45, 2.75) is 13.3 Å². The standard InChI is InChI=1S/C19H16BrClN4O3/c1-2-11-9-12(20)7-8-16(11)25-18(27)13(17(26)23-19(25)28)10-22-24-15-6-4-3-5-14(15)21/h3-10,24,27H,2H2,1H3,(H,23,26,28). The average Bonchev–Trinajstić information content (AvgIpc) is 2.66. The van der Waals surface area contributed by atoms with E-state index in [0.29, 0.717) is 22.8 Å². The highest BCUT2D eigenvalue weighted by atomic mass is 79.9. The lowest BCUT2D eigenvalue weighted by molar-refractivity contribution is 0.429. The SMILES string of the molecule is CCc1cc(Br)ccc1-n1c(O)c(C=NNc2ccccc2Cl)c(=O)[nH]c1=O. The van der Waals surface area contributed by atoms with Crippen molar-refractivity contribution in [3.8, 4) is 11.6 Å². The summed E-state index contributed by atoms with van der Waals surface area (Å²) in [6.45, 7) is 1.93. The number of H-pyrrole nitrogens is 1. The molecule has 3 rings (SSSR count). The van der Waals surface area contributed by atoms with Gasteiger partial charge in [0.2, 0.25) is 5.88 Å². The summed E-state index contributed by atoms with van der Waals surface area (Å²) in [6, 6.07) is 12.2. The molecule has 144 valence electrons. The number of aromatic hydroxyl groups is 1. The van der Waals surface area contributed by atoms with E-state index >= 15 is 0 Å². The molecule has 9 heteroatoms. The van der Waals surface area contributed by atoms with Crippen molar-refractivity contribution >= 4 is 39.4 Å². The molecule has 0 saturated heterocycles. The molecule has 0 spiro atoms.